The van der Waals surface area contributed by atoms with Crippen molar-refractivity contribution in [3.63, 3.8) is 0 Å². The number of nitrogens with zero attached hydrogens (tertiary/aromatic N) is 1. The fourth-order valence-electron chi connectivity index (χ4n) is 2.67. The molecular formula is C17H23Cl2N3O3. The van der Waals surface area contributed by atoms with E-state index >= 15 is 0 Å². The van der Waals surface area contributed by atoms with Gasteiger partial charge in [-0.05, 0) is 31.9 Å². The molecule has 0 bridgehead atoms. The Balaban J connectivity index is 1.68. The second-order valence-corrected chi connectivity index (χ2v) is 6.59. The number of halogens is 2. The summed E-state index contributed by atoms with van der Waals surface area (Å²) in [4.78, 5) is 25.4. The number of nitrogens with one attached hydrogen (secondary N) is 2. The Kier molecular flexibility index (Phi) is 7.65. The fraction of sp³-hybridized carbons (Fsp3) is 0.529. The highest BCUT2D eigenvalue weighted by molar-refractivity contribution is 6.43. The van der Waals surface area contributed by atoms with Crippen LogP contribution in [-0.2, 0) is 9.53 Å². The third-order valence-corrected chi connectivity index (χ3v) is 4.82. The van der Waals surface area contributed by atoms with Crippen molar-refractivity contribution in [2.75, 3.05) is 31.6 Å². The first-order valence-electron chi connectivity index (χ1n) is 8.40. The predicted molar refractivity (Wildman–Crippen MR) is 99.3 cm³/mol. The summed E-state index contributed by atoms with van der Waals surface area (Å²) in [5.74, 6) is -0.0276. The van der Waals surface area contributed by atoms with Crippen LogP contribution in [0, 0.1) is 0 Å². The van der Waals surface area contributed by atoms with E-state index in [1.165, 1.54) is 0 Å². The van der Waals surface area contributed by atoms with Crippen LogP contribution in [0.2, 0.25) is 10.0 Å². The third-order valence-electron chi connectivity index (χ3n) is 4.01. The van der Waals surface area contributed by atoms with E-state index < -0.39 is 0 Å². The summed E-state index contributed by atoms with van der Waals surface area (Å²) in [6.45, 7) is 3.82. The summed E-state index contributed by atoms with van der Waals surface area (Å²) >= 11 is 12.0. The van der Waals surface area contributed by atoms with E-state index in [9.17, 15) is 9.59 Å². The van der Waals surface area contributed by atoms with Gasteiger partial charge in [-0.25, -0.2) is 4.79 Å². The van der Waals surface area contributed by atoms with Crippen molar-refractivity contribution in [2.24, 2.45) is 0 Å². The van der Waals surface area contributed by atoms with E-state index in [0.29, 0.717) is 48.4 Å². The molecule has 0 unspecified atom stereocenters. The van der Waals surface area contributed by atoms with Gasteiger partial charge in [-0.1, -0.05) is 29.3 Å². The Morgan fingerprint density at radius 2 is 2.00 bits per heavy atom. The van der Waals surface area contributed by atoms with E-state index in [-0.39, 0.29) is 18.0 Å². The molecule has 138 valence electrons. The molecule has 2 N–H and O–H groups in total. The molecule has 2 amide bonds. The first-order chi connectivity index (χ1) is 12.0. The minimum atomic E-state index is -0.283. The number of hydrogen-bond acceptors (Lipinski definition) is 4. The molecule has 0 radical (unpaired) electrons. The highest BCUT2D eigenvalue weighted by Gasteiger charge is 2.24. The quantitative estimate of drug-likeness (QED) is 0.782. The number of ether oxygens (including phenoxy) is 1. The number of rotatable bonds is 6. The largest absolute Gasteiger partial charge is 0.450 e. The Labute approximate surface area is 157 Å². The summed E-state index contributed by atoms with van der Waals surface area (Å²) in [6.07, 6.45) is 1.52. The lowest BCUT2D eigenvalue weighted by atomic mass is 10.1. The van der Waals surface area contributed by atoms with Crippen molar-refractivity contribution in [1.82, 2.24) is 10.2 Å². The SMILES string of the molecule is CCOC(=O)N1CCC(NC(=O)CCNc2cccc(Cl)c2Cl)CC1. The van der Waals surface area contributed by atoms with Gasteiger partial charge < -0.3 is 20.3 Å². The highest BCUT2D eigenvalue weighted by Crippen LogP contribution is 2.29. The van der Waals surface area contributed by atoms with E-state index in [1.54, 1.807) is 24.0 Å². The molecule has 1 aromatic carbocycles. The van der Waals surface area contributed by atoms with Crippen molar-refractivity contribution in [1.29, 1.82) is 0 Å². The minimum absolute atomic E-state index is 0.0276. The molecule has 2 rings (SSSR count). The first kappa shape index (κ1) is 19.7. The number of anilines is 1. The molecule has 1 heterocycles. The molecular weight excluding hydrogens is 365 g/mol. The average molecular weight is 388 g/mol. The van der Waals surface area contributed by atoms with Gasteiger partial charge in [-0.15, -0.1) is 0 Å². The Morgan fingerprint density at radius 1 is 1.28 bits per heavy atom. The number of hydrogen-bond donors (Lipinski definition) is 2. The van der Waals surface area contributed by atoms with Crippen molar-refractivity contribution in [3.05, 3.63) is 28.2 Å². The van der Waals surface area contributed by atoms with Crippen molar-refractivity contribution in [3.8, 4) is 0 Å². The lowest BCUT2D eigenvalue weighted by Gasteiger charge is -2.31. The molecule has 8 heteroatoms. The van der Waals surface area contributed by atoms with Crippen LogP contribution in [0.1, 0.15) is 26.2 Å². The van der Waals surface area contributed by atoms with Gasteiger partial charge in [0.1, 0.15) is 0 Å². The summed E-state index contributed by atoms with van der Waals surface area (Å²) in [5, 5.41) is 7.05. The van der Waals surface area contributed by atoms with Gasteiger partial charge >= 0.3 is 6.09 Å². The highest BCUT2D eigenvalue weighted by atomic mass is 35.5. The maximum Gasteiger partial charge on any atom is 0.409 e. The molecule has 0 spiro atoms. The molecule has 1 aliphatic rings. The molecule has 1 saturated heterocycles. The standard InChI is InChI=1S/C17H23Cl2N3O3/c1-2-25-17(24)22-10-7-12(8-11-22)21-15(23)6-9-20-14-5-3-4-13(18)16(14)19/h3-5,12,20H,2,6-11H2,1H3,(H,21,23). The van der Waals surface area contributed by atoms with Crippen LogP contribution in [0.3, 0.4) is 0 Å². The van der Waals surface area contributed by atoms with E-state index in [1.807, 2.05) is 6.07 Å². The third kappa shape index (κ3) is 5.97. The molecule has 1 fully saturated rings. The van der Waals surface area contributed by atoms with Gasteiger partial charge in [0.2, 0.25) is 5.91 Å². The summed E-state index contributed by atoms with van der Waals surface area (Å²) < 4.78 is 4.98. The molecule has 0 aromatic heterocycles. The second-order valence-electron chi connectivity index (χ2n) is 5.81. The molecule has 0 saturated carbocycles. The minimum Gasteiger partial charge on any atom is -0.450 e. The molecule has 6 nitrogen and oxygen atoms in total. The zero-order chi connectivity index (χ0) is 18.2. The van der Waals surface area contributed by atoms with E-state index in [0.717, 1.165) is 12.8 Å². The lowest BCUT2D eigenvalue weighted by molar-refractivity contribution is -0.121. The van der Waals surface area contributed by atoms with Gasteiger partial charge in [0, 0.05) is 32.1 Å². The van der Waals surface area contributed by atoms with Crippen LogP contribution in [0.15, 0.2) is 18.2 Å². The lowest BCUT2D eigenvalue weighted by Crippen LogP contribution is -2.46. The normalized spacial score (nSPS) is 14.9. The zero-order valence-electron chi connectivity index (χ0n) is 14.2. The van der Waals surface area contributed by atoms with Crippen LogP contribution < -0.4 is 10.6 Å². The molecule has 1 aliphatic heterocycles. The predicted octanol–water partition coefficient (Wildman–Crippen LogP) is 3.53. The molecule has 1 aromatic rings. The molecule has 0 atom stereocenters. The van der Waals surface area contributed by atoms with Crippen LogP contribution >= 0.6 is 23.2 Å². The van der Waals surface area contributed by atoms with Gasteiger partial charge in [0.15, 0.2) is 0 Å². The monoisotopic (exact) mass is 387 g/mol. The maximum atomic E-state index is 12.1. The van der Waals surface area contributed by atoms with Crippen LogP contribution in [0.25, 0.3) is 0 Å². The van der Waals surface area contributed by atoms with Crippen LogP contribution in [0.5, 0.6) is 0 Å². The van der Waals surface area contributed by atoms with Crippen molar-refractivity contribution >= 4 is 40.9 Å². The Morgan fingerprint density at radius 3 is 2.68 bits per heavy atom. The second kappa shape index (κ2) is 9.73. The molecule has 0 aliphatic carbocycles. The number of likely N-dealkylation sites (tertiary alicyclic amines) is 1. The Hall–Kier alpha value is -1.66. The fourth-order valence-corrected chi connectivity index (χ4v) is 3.04. The van der Waals surface area contributed by atoms with E-state index in [2.05, 4.69) is 10.6 Å². The average Bonchev–Trinajstić information content (AvgIpc) is 2.59. The number of carbonyl (C=O) groups excluding carboxylic acids is 2. The summed E-state index contributed by atoms with van der Waals surface area (Å²) in [5.41, 5.74) is 0.713. The van der Waals surface area contributed by atoms with Gasteiger partial charge in [-0.2, -0.15) is 0 Å². The smallest absolute Gasteiger partial charge is 0.409 e. The zero-order valence-corrected chi connectivity index (χ0v) is 15.7. The number of benzene rings is 1. The van der Waals surface area contributed by atoms with Crippen molar-refractivity contribution in [2.45, 2.75) is 32.2 Å². The maximum absolute atomic E-state index is 12.1. The summed E-state index contributed by atoms with van der Waals surface area (Å²) in [7, 11) is 0. The summed E-state index contributed by atoms with van der Waals surface area (Å²) in [6, 6.07) is 5.42. The van der Waals surface area contributed by atoms with Crippen LogP contribution in [-0.4, -0.2) is 49.2 Å². The number of carbonyl (C=O) groups is 2. The number of piperidine rings is 1. The molecule has 25 heavy (non-hydrogen) atoms. The topological polar surface area (TPSA) is 70.7 Å². The first-order valence-corrected chi connectivity index (χ1v) is 9.15. The van der Waals surface area contributed by atoms with E-state index in [4.69, 9.17) is 27.9 Å². The van der Waals surface area contributed by atoms with Gasteiger partial charge in [-0.3, -0.25) is 4.79 Å². The van der Waals surface area contributed by atoms with Crippen molar-refractivity contribution < 1.29 is 14.3 Å². The van der Waals surface area contributed by atoms with Gasteiger partial charge in [0.05, 0.1) is 22.3 Å². The number of amides is 2. The van der Waals surface area contributed by atoms with Crippen LogP contribution in [0.4, 0.5) is 10.5 Å². The van der Waals surface area contributed by atoms with Gasteiger partial charge in [0.25, 0.3) is 0 Å². The Bertz CT molecular complexity index is 605.